The second-order valence-electron chi connectivity index (χ2n) is 5.28. The maximum absolute atomic E-state index is 6.14. The Bertz CT molecular complexity index is 408. The molecule has 1 aliphatic carbocycles. The summed E-state index contributed by atoms with van der Waals surface area (Å²) in [6.07, 6.45) is 6.55. The Balaban J connectivity index is 2.08. The number of anilines is 1. The van der Waals surface area contributed by atoms with Crippen LogP contribution in [-0.4, -0.2) is 22.6 Å². The number of hydrogen-bond acceptors (Lipinski definition) is 4. The highest BCUT2D eigenvalue weighted by Crippen LogP contribution is 2.30. The summed E-state index contributed by atoms with van der Waals surface area (Å²) in [5, 5.41) is 3.22. The van der Waals surface area contributed by atoms with Crippen molar-refractivity contribution in [1.29, 1.82) is 0 Å². The van der Waals surface area contributed by atoms with E-state index >= 15 is 0 Å². The maximum Gasteiger partial charge on any atom is 0.218 e. The van der Waals surface area contributed by atoms with Gasteiger partial charge in [0.15, 0.2) is 0 Å². The highest BCUT2D eigenvalue weighted by molar-refractivity contribution is 5.38. The topological polar surface area (TPSA) is 47.0 Å². The van der Waals surface area contributed by atoms with E-state index in [9.17, 15) is 0 Å². The molecule has 1 heterocycles. The van der Waals surface area contributed by atoms with E-state index in [-0.39, 0.29) is 0 Å². The molecular weight excluding hydrogens is 238 g/mol. The van der Waals surface area contributed by atoms with Crippen LogP contribution in [0.2, 0.25) is 0 Å². The van der Waals surface area contributed by atoms with Crippen LogP contribution in [0.3, 0.4) is 0 Å². The Labute approximate surface area is 116 Å². The fourth-order valence-electron chi connectivity index (χ4n) is 2.82. The normalized spacial score (nSPS) is 23.1. The van der Waals surface area contributed by atoms with Gasteiger partial charge in [0.2, 0.25) is 5.88 Å². The average Bonchev–Trinajstić information content (AvgIpc) is 2.39. The molecule has 1 aromatic heterocycles. The Morgan fingerprint density at radius 3 is 2.79 bits per heavy atom. The van der Waals surface area contributed by atoms with Crippen molar-refractivity contribution in [2.24, 2.45) is 5.92 Å². The van der Waals surface area contributed by atoms with E-state index in [0.29, 0.717) is 17.9 Å². The summed E-state index contributed by atoms with van der Waals surface area (Å²) in [6.45, 7) is 7.08. The quantitative estimate of drug-likeness (QED) is 0.882. The lowest BCUT2D eigenvalue weighted by atomic mass is 9.85. The molecule has 0 radical (unpaired) electrons. The Kier molecular flexibility index (Phi) is 5.00. The van der Waals surface area contributed by atoms with Gasteiger partial charge >= 0.3 is 0 Å². The lowest BCUT2D eigenvalue weighted by Gasteiger charge is -2.30. The van der Waals surface area contributed by atoms with Crippen LogP contribution in [0.5, 0.6) is 5.88 Å². The van der Waals surface area contributed by atoms with Gasteiger partial charge in [-0.05, 0) is 45.4 Å². The Morgan fingerprint density at radius 2 is 2.05 bits per heavy atom. The van der Waals surface area contributed by atoms with Crippen LogP contribution in [0.1, 0.15) is 51.8 Å². The summed E-state index contributed by atoms with van der Waals surface area (Å²) in [4.78, 5) is 8.76. The maximum atomic E-state index is 6.14. The van der Waals surface area contributed by atoms with Crippen molar-refractivity contribution < 1.29 is 4.74 Å². The number of ether oxygens (including phenoxy) is 1. The van der Waals surface area contributed by atoms with Crippen LogP contribution >= 0.6 is 0 Å². The first-order chi connectivity index (χ1) is 9.22. The lowest BCUT2D eigenvalue weighted by Crippen LogP contribution is -2.30. The summed E-state index contributed by atoms with van der Waals surface area (Å²) in [5.74, 6) is 3.01. The molecule has 2 unspecified atom stereocenters. The van der Waals surface area contributed by atoms with Crippen LogP contribution in [-0.2, 0) is 0 Å². The third kappa shape index (κ3) is 3.82. The van der Waals surface area contributed by atoms with Crippen molar-refractivity contribution in [3.8, 4) is 5.88 Å². The van der Waals surface area contributed by atoms with Crippen molar-refractivity contribution in [2.75, 3.05) is 11.9 Å². The van der Waals surface area contributed by atoms with Crippen molar-refractivity contribution >= 4 is 5.82 Å². The summed E-state index contributed by atoms with van der Waals surface area (Å²) in [7, 11) is 0. The smallest absolute Gasteiger partial charge is 0.218 e. The highest BCUT2D eigenvalue weighted by atomic mass is 16.5. The molecule has 106 valence electrons. The molecule has 2 rings (SSSR count). The SMILES string of the molecule is CCNc1cc(OC2CCCCC2CC)nc(C)n1. The summed E-state index contributed by atoms with van der Waals surface area (Å²) >= 11 is 0. The van der Waals surface area contributed by atoms with Gasteiger partial charge in [-0.25, -0.2) is 4.98 Å². The monoisotopic (exact) mass is 263 g/mol. The molecule has 0 bridgehead atoms. The van der Waals surface area contributed by atoms with Crippen LogP contribution in [0.4, 0.5) is 5.82 Å². The minimum Gasteiger partial charge on any atom is -0.474 e. The molecule has 4 nitrogen and oxygen atoms in total. The summed E-state index contributed by atoms with van der Waals surface area (Å²) in [6, 6.07) is 1.91. The summed E-state index contributed by atoms with van der Waals surface area (Å²) in [5.41, 5.74) is 0. The molecule has 1 N–H and O–H groups in total. The van der Waals surface area contributed by atoms with Crippen molar-refractivity contribution in [1.82, 2.24) is 9.97 Å². The fourth-order valence-corrected chi connectivity index (χ4v) is 2.82. The van der Waals surface area contributed by atoms with Gasteiger partial charge in [-0.1, -0.05) is 13.3 Å². The first-order valence-corrected chi connectivity index (χ1v) is 7.49. The number of aryl methyl sites for hydroxylation is 1. The highest BCUT2D eigenvalue weighted by Gasteiger charge is 2.25. The van der Waals surface area contributed by atoms with E-state index in [1.807, 2.05) is 13.0 Å². The number of hydrogen-bond donors (Lipinski definition) is 1. The molecular formula is C15H25N3O. The van der Waals surface area contributed by atoms with Gasteiger partial charge in [-0.15, -0.1) is 0 Å². The number of aromatic nitrogens is 2. The zero-order chi connectivity index (χ0) is 13.7. The number of nitrogens with zero attached hydrogens (tertiary/aromatic N) is 2. The molecule has 0 spiro atoms. The second kappa shape index (κ2) is 6.73. The van der Waals surface area contributed by atoms with E-state index in [1.54, 1.807) is 0 Å². The van der Waals surface area contributed by atoms with Crippen molar-refractivity contribution in [2.45, 2.75) is 59.0 Å². The molecule has 0 amide bonds. The molecule has 4 heteroatoms. The number of nitrogens with one attached hydrogen (secondary N) is 1. The van der Waals surface area contributed by atoms with Gasteiger partial charge in [0.25, 0.3) is 0 Å². The van der Waals surface area contributed by atoms with Crippen LogP contribution in [0, 0.1) is 12.8 Å². The van der Waals surface area contributed by atoms with Gasteiger partial charge in [-0.2, -0.15) is 4.98 Å². The minimum atomic E-state index is 0.322. The lowest BCUT2D eigenvalue weighted by molar-refractivity contribution is 0.0856. The van der Waals surface area contributed by atoms with Gasteiger partial charge in [-0.3, -0.25) is 0 Å². The van der Waals surface area contributed by atoms with Crippen LogP contribution in [0.25, 0.3) is 0 Å². The van der Waals surface area contributed by atoms with E-state index in [2.05, 4.69) is 29.1 Å². The van der Waals surface area contributed by atoms with Gasteiger partial charge in [0, 0.05) is 12.6 Å². The Morgan fingerprint density at radius 1 is 1.26 bits per heavy atom. The first kappa shape index (κ1) is 14.1. The van der Waals surface area contributed by atoms with E-state index < -0.39 is 0 Å². The molecule has 0 saturated heterocycles. The standard InChI is InChI=1S/C15H25N3O/c1-4-12-8-6-7-9-13(12)19-15-10-14(16-5-2)17-11(3)18-15/h10,12-13H,4-9H2,1-3H3,(H,16,17,18). The molecule has 1 saturated carbocycles. The molecule has 0 aliphatic heterocycles. The molecule has 1 fully saturated rings. The molecule has 1 aliphatic rings. The first-order valence-electron chi connectivity index (χ1n) is 7.49. The third-order valence-corrected chi connectivity index (χ3v) is 3.81. The van der Waals surface area contributed by atoms with E-state index in [0.717, 1.165) is 24.6 Å². The molecule has 0 aromatic carbocycles. The third-order valence-electron chi connectivity index (χ3n) is 3.81. The van der Waals surface area contributed by atoms with Crippen LogP contribution < -0.4 is 10.1 Å². The van der Waals surface area contributed by atoms with Crippen molar-refractivity contribution in [3.63, 3.8) is 0 Å². The number of rotatable bonds is 5. The van der Waals surface area contributed by atoms with Crippen molar-refractivity contribution in [3.05, 3.63) is 11.9 Å². The summed E-state index contributed by atoms with van der Waals surface area (Å²) < 4.78 is 6.14. The van der Waals surface area contributed by atoms with Gasteiger partial charge < -0.3 is 10.1 Å². The van der Waals surface area contributed by atoms with Crippen LogP contribution in [0.15, 0.2) is 6.07 Å². The zero-order valence-corrected chi connectivity index (χ0v) is 12.3. The average molecular weight is 263 g/mol. The molecule has 2 atom stereocenters. The largest absolute Gasteiger partial charge is 0.474 e. The van der Waals surface area contributed by atoms with E-state index in [4.69, 9.17) is 4.74 Å². The molecule has 1 aromatic rings. The predicted octanol–water partition coefficient (Wildman–Crippen LogP) is 3.56. The molecule has 19 heavy (non-hydrogen) atoms. The minimum absolute atomic E-state index is 0.322. The second-order valence-corrected chi connectivity index (χ2v) is 5.28. The zero-order valence-electron chi connectivity index (χ0n) is 12.3. The van der Waals surface area contributed by atoms with Gasteiger partial charge in [0.05, 0.1) is 0 Å². The van der Waals surface area contributed by atoms with Gasteiger partial charge in [0.1, 0.15) is 17.7 Å². The Hall–Kier alpha value is -1.32. The predicted molar refractivity (Wildman–Crippen MR) is 77.6 cm³/mol. The fraction of sp³-hybridized carbons (Fsp3) is 0.733. The van der Waals surface area contributed by atoms with E-state index in [1.165, 1.54) is 25.7 Å².